The highest BCUT2D eigenvalue weighted by atomic mass is 79.9. The van der Waals surface area contributed by atoms with Crippen LogP contribution in [-0.4, -0.2) is 17.0 Å². The first-order valence-electron chi connectivity index (χ1n) is 5.52. The molecule has 0 saturated heterocycles. The minimum Gasteiger partial charge on any atom is -0.479 e. The second-order valence-corrected chi connectivity index (χ2v) is 6.04. The summed E-state index contributed by atoms with van der Waals surface area (Å²) in [7, 11) is 0. The summed E-state index contributed by atoms with van der Waals surface area (Å²) < 4.78 is 0.628. The van der Waals surface area contributed by atoms with Crippen molar-refractivity contribution >= 4 is 50.7 Å². The Labute approximate surface area is 132 Å². The lowest BCUT2D eigenvalue weighted by Crippen LogP contribution is -2.33. The van der Waals surface area contributed by atoms with E-state index >= 15 is 0 Å². The highest BCUT2D eigenvalue weighted by Gasteiger charge is 2.25. The SMILES string of the molecule is O=C(N[C@@H](C(=O)O)c1ccccc1Cl)c1sccc1Br. The molecule has 2 rings (SSSR count). The van der Waals surface area contributed by atoms with E-state index in [0.29, 0.717) is 19.9 Å². The number of halogens is 2. The summed E-state index contributed by atoms with van der Waals surface area (Å²) in [6.45, 7) is 0. The molecule has 4 nitrogen and oxygen atoms in total. The van der Waals surface area contributed by atoms with E-state index in [-0.39, 0.29) is 0 Å². The summed E-state index contributed by atoms with van der Waals surface area (Å²) >= 11 is 10.4. The van der Waals surface area contributed by atoms with Gasteiger partial charge in [0.05, 0.1) is 0 Å². The van der Waals surface area contributed by atoms with Gasteiger partial charge in [0.1, 0.15) is 4.88 Å². The minimum absolute atomic E-state index is 0.297. The van der Waals surface area contributed by atoms with Crippen molar-refractivity contribution in [1.82, 2.24) is 5.32 Å². The third kappa shape index (κ3) is 3.20. The van der Waals surface area contributed by atoms with E-state index in [2.05, 4.69) is 21.2 Å². The number of carboxylic acid groups (broad SMARTS) is 1. The minimum atomic E-state index is -1.19. The molecule has 0 saturated carbocycles. The molecule has 1 atom stereocenters. The Morgan fingerprint density at radius 3 is 2.55 bits per heavy atom. The molecule has 1 heterocycles. The van der Waals surface area contributed by atoms with Crippen molar-refractivity contribution in [2.45, 2.75) is 6.04 Å². The molecule has 0 aliphatic rings. The Morgan fingerprint density at radius 1 is 1.30 bits per heavy atom. The van der Waals surface area contributed by atoms with E-state index < -0.39 is 17.9 Å². The summed E-state index contributed by atoms with van der Waals surface area (Å²) in [5.74, 6) is -1.63. The summed E-state index contributed by atoms with van der Waals surface area (Å²) in [6, 6.07) is 7.06. The van der Waals surface area contributed by atoms with Crippen molar-refractivity contribution in [3.63, 3.8) is 0 Å². The molecule has 0 aliphatic heterocycles. The van der Waals surface area contributed by atoms with E-state index in [1.807, 2.05) is 0 Å². The van der Waals surface area contributed by atoms with Gasteiger partial charge in [0.25, 0.3) is 5.91 Å². The van der Waals surface area contributed by atoms with Gasteiger partial charge < -0.3 is 10.4 Å². The van der Waals surface area contributed by atoms with E-state index in [1.54, 1.807) is 35.7 Å². The topological polar surface area (TPSA) is 66.4 Å². The van der Waals surface area contributed by atoms with Gasteiger partial charge in [0.15, 0.2) is 6.04 Å². The fourth-order valence-corrected chi connectivity index (χ4v) is 3.33. The van der Waals surface area contributed by atoms with Crippen LogP contribution in [-0.2, 0) is 4.79 Å². The third-order valence-electron chi connectivity index (χ3n) is 2.56. The first-order chi connectivity index (χ1) is 9.50. The molecule has 1 aromatic carbocycles. The highest BCUT2D eigenvalue weighted by molar-refractivity contribution is 9.10. The Hall–Kier alpha value is -1.37. The number of nitrogens with one attached hydrogen (secondary N) is 1. The normalized spacial score (nSPS) is 11.9. The van der Waals surface area contributed by atoms with Crippen LogP contribution in [0.2, 0.25) is 5.02 Å². The number of carbonyl (C=O) groups is 2. The summed E-state index contributed by atoms with van der Waals surface area (Å²) in [6.07, 6.45) is 0. The predicted molar refractivity (Wildman–Crippen MR) is 81.3 cm³/mol. The molecule has 2 aromatic rings. The molecule has 0 fully saturated rings. The van der Waals surface area contributed by atoms with Crippen LogP contribution in [0.15, 0.2) is 40.2 Å². The van der Waals surface area contributed by atoms with Crippen LogP contribution in [0.3, 0.4) is 0 Å². The third-order valence-corrected chi connectivity index (χ3v) is 4.74. The van der Waals surface area contributed by atoms with Gasteiger partial charge in [-0.15, -0.1) is 11.3 Å². The van der Waals surface area contributed by atoms with Crippen molar-refractivity contribution in [3.05, 3.63) is 55.6 Å². The van der Waals surface area contributed by atoms with Crippen molar-refractivity contribution in [2.75, 3.05) is 0 Å². The lowest BCUT2D eigenvalue weighted by Gasteiger charge is -2.15. The van der Waals surface area contributed by atoms with Gasteiger partial charge in [-0.05, 0) is 33.4 Å². The van der Waals surface area contributed by atoms with Gasteiger partial charge in [-0.1, -0.05) is 29.8 Å². The maximum absolute atomic E-state index is 12.1. The van der Waals surface area contributed by atoms with Crippen LogP contribution >= 0.6 is 38.9 Å². The second-order valence-electron chi connectivity index (χ2n) is 3.86. The molecule has 0 aliphatic carbocycles. The number of amides is 1. The van der Waals surface area contributed by atoms with Gasteiger partial charge >= 0.3 is 5.97 Å². The largest absolute Gasteiger partial charge is 0.479 e. The Morgan fingerprint density at radius 2 is 2.00 bits per heavy atom. The molecular formula is C13H9BrClNO3S. The van der Waals surface area contributed by atoms with Crippen molar-refractivity contribution in [1.29, 1.82) is 0 Å². The smallest absolute Gasteiger partial charge is 0.330 e. The average Bonchev–Trinajstić information content (AvgIpc) is 2.83. The maximum atomic E-state index is 12.1. The number of aliphatic carboxylic acids is 1. The number of rotatable bonds is 4. The Kier molecular flexibility index (Phi) is 4.80. The van der Waals surface area contributed by atoms with E-state index in [0.717, 1.165) is 0 Å². The molecule has 0 spiro atoms. The lowest BCUT2D eigenvalue weighted by atomic mass is 10.1. The number of thiophene rings is 1. The van der Waals surface area contributed by atoms with Crippen LogP contribution in [0.5, 0.6) is 0 Å². The number of hydrogen-bond donors (Lipinski definition) is 2. The molecule has 1 aromatic heterocycles. The number of hydrogen-bond acceptors (Lipinski definition) is 3. The number of carboxylic acids is 1. The number of benzene rings is 1. The first-order valence-corrected chi connectivity index (χ1v) is 7.57. The average molecular weight is 375 g/mol. The van der Waals surface area contributed by atoms with Crippen molar-refractivity contribution in [3.8, 4) is 0 Å². The molecule has 1 amide bonds. The molecule has 0 unspecified atom stereocenters. The van der Waals surface area contributed by atoms with Gasteiger partial charge in [-0.3, -0.25) is 4.79 Å². The van der Waals surface area contributed by atoms with Crippen LogP contribution in [0, 0.1) is 0 Å². The zero-order chi connectivity index (χ0) is 14.7. The zero-order valence-corrected chi connectivity index (χ0v) is 13.1. The van der Waals surface area contributed by atoms with Crippen molar-refractivity contribution in [2.24, 2.45) is 0 Å². The second kappa shape index (κ2) is 6.39. The molecule has 104 valence electrons. The van der Waals surface area contributed by atoms with E-state index in [9.17, 15) is 14.7 Å². The van der Waals surface area contributed by atoms with Crippen molar-refractivity contribution < 1.29 is 14.7 Å². The van der Waals surface area contributed by atoms with Crippen LogP contribution in [0.1, 0.15) is 21.3 Å². The van der Waals surface area contributed by atoms with Gasteiger partial charge in [-0.2, -0.15) is 0 Å². The first kappa shape index (κ1) is 15.0. The quantitative estimate of drug-likeness (QED) is 0.857. The fraction of sp³-hybridized carbons (Fsp3) is 0.0769. The Balaban J connectivity index is 2.28. The number of carbonyl (C=O) groups excluding carboxylic acids is 1. The van der Waals surface area contributed by atoms with Gasteiger partial charge in [0.2, 0.25) is 0 Å². The van der Waals surface area contributed by atoms with Gasteiger partial charge in [0, 0.05) is 15.1 Å². The van der Waals surface area contributed by atoms with Crippen LogP contribution < -0.4 is 5.32 Å². The zero-order valence-electron chi connectivity index (χ0n) is 9.97. The monoisotopic (exact) mass is 373 g/mol. The van der Waals surface area contributed by atoms with E-state index in [1.165, 1.54) is 11.3 Å². The predicted octanol–water partition coefficient (Wildman–Crippen LogP) is 3.72. The van der Waals surface area contributed by atoms with Gasteiger partial charge in [-0.25, -0.2) is 4.79 Å². The lowest BCUT2D eigenvalue weighted by molar-refractivity contribution is -0.139. The Bertz CT molecular complexity index is 659. The molecule has 2 N–H and O–H groups in total. The molecular weight excluding hydrogens is 366 g/mol. The standard InChI is InChI=1S/C13H9BrClNO3S/c14-8-5-6-20-11(8)12(17)16-10(13(18)19)7-3-1-2-4-9(7)15/h1-6,10H,(H,16,17)(H,18,19)/t10-/m1/s1. The maximum Gasteiger partial charge on any atom is 0.330 e. The molecule has 7 heteroatoms. The fourth-order valence-electron chi connectivity index (χ4n) is 1.63. The van der Waals surface area contributed by atoms with E-state index in [4.69, 9.17) is 11.6 Å². The van der Waals surface area contributed by atoms with Crippen LogP contribution in [0.4, 0.5) is 0 Å². The molecule has 0 bridgehead atoms. The molecule has 0 radical (unpaired) electrons. The summed E-state index contributed by atoms with van der Waals surface area (Å²) in [4.78, 5) is 23.9. The van der Waals surface area contributed by atoms with Crippen LogP contribution in [0.25, 0.3) is 0 Å². The highest BCUT2D eigenvalue weighted by Crippen LogP contribution is 2.26. The summed E-state index contributed by atoms with van der Waals surface area (Å²) in [5, 5.41) is 13.8. The summed E-state index contributed by atoms with van der Waals surface area (Å²) in [5.41, 5.74) is 0.350. The molecule has 20 heavy (non-hydrogen) atoms.